The number of halogens is 7. The molecule has 0 bridgehead atoms. The standard InChI is InChI=1S/C27H21F7N8O2/c1-13-22(14-3-5-15(44-2)6-4-14)37-25-16(11-36-42(25)24(13)27(32,33)34)26(43)41-9-7-40(8-10-41)12-17-18(28)20(30)23(38-39-35)21(31)19(17)29/h3-6,11H,7-10,12H2,1-2H3. The zero-order valence-corrected chi connectivity index (χ0v) is 23.0. The van der Waals surface area contributed by atoms with Crippen LogP contribution < -0.4 is 4.74 Å². The van der Waals surface area contributed by atoms with Gasteiger partial charge in [-0.2, -0.15) is 18.3 Å². The first-order valence-corrected chi connectivity index (χ1v) is 12.9. The molecule has 1 fully saturated rings. The number of fused-ring (bicyclic) bond motifs is 1. The summed E-state index contributed by atoms with van der Waals surface area (Å²) in [6.07, 6.45) is -3.85. The van der Waals surface area contributed by atoms with E-state index < -0.39 is 58.8 Å². The number of nitrogens with zero attached hydrogens (tertiary/aromatic N) is 8. The number of carbonyl (C=O) groups excluding carboxylic acids is 1. The quantitative estimate of drug-likeness (QED) is 0.0838. The van der Waals surface area contributed by atoms with Gasteiger partial charge in [0.05, 0.1) is 19.0 Å². The summed E-state index contributed by atoms with van der Waals surface area (Å²) in [4.78, 5) is 22.8. The van der Waals surface area contributed by atoms with Gasteiger partial charge >= 0.3 is 6.18 Å². The van der Waals surface area contributed by atoms with Gasteiger partial charge in [-0.3, -0.25) is 9.69 Å². The number of alkyl halides is 3. The van der Waals surface area contributed by atoms with Crippen molar-refractivity contribution in [3.8, 4) is 17.0 Å². The molecule has 0 atom stereocenters. The van der Waals surface area contributed by atoms with Crippen molar-refractivity contribution in [2.24, 2.45) is 5.11 Å². The molecule has 4 aromatic rings. The molecule has 0 saturated carbocycles. The molecule has 44 heavy (non-hydrogen) atoms. The number of ether oxygens (including phenoxy) is 1. The lowest BCUT2D eigenvalue weighted by Gasteiger charge is -2.34. The number of azide groups is 1. The van der Waals surface area contributed by atoms with Crippen LogP contribution in [0.1, 0.15) is 27.2 Å². The Morgan fingerprint density at radius 2 is 1.64 bits per heavy atom. The highest BCUT2D eigenvalue weighted by Crippen LogP contribution is 2.37. The van der Waals surface area contributed by atoms with Crippen LogP contribution in [0.15, 0.2) is 35.6 Å². The first-order chi connectivity index (χ1) is 20.9. The summed E-state index contributed by atoms with van der Waals surface area (Å²) in [5, 5.41) is 6.48. The minimum Gasteiger partial charge on any atom is -0.497 e. The summed E-state index contributed by atoms with van der Waals surface area (Å²) in [7, 11) is 1.44. The monoisotopic (exact) mass is 622 g/mol. The van der Waals surface area contributed by atoms with Gasteiger partial charge < -0.3 is 9.64 Å². The Kier molecular flexibility index (Phi) is 8.09. The zero-order chi connectivity index (χ0) is 31.9. The third-order valence-electron chi connectivity index (χ3n) is 7.26. The van der Waals surface area contributed by atoms with Crippen molar-refractivity contribution in [3.63, 3.8) is 0 Å². The lowest BCUT2D eigenvalue weighted by atomic mass is 10.0. The van der Waals surface area contributed by atoms with E-state index in [0.717, 1.165) is 6.20 Å². The molecule has 230 valence electrons. The van der Waals surface area contributed by atoms with Gasteiger partial charge in [0.15, 0.2) is 34.6 Å². The number of hydrogen-bond donors (Lipinski definition) is 0. The van der Waals surface area contributed by atoms with Crippen LogP contribution in [0.4, 0.5) is 36.4 Å². The van der Waals surface area contributed by atoms with Crippen LogP contribution in [0, 0.1) is 30.2 Å². The molecule has 1 amide bonds. The van der Waals surface area contributed by atoms with E-state index in [0.29, 0.717) is 15.8 Å². The van der Waals surface area contributed by atoms with Gasteiger partial charge in [0.1, 0.15) is 17.0 Å². The van der Waals surface area contributed by atoms with E-state index in [1.165, 1.54) is 36.0 Å². The third kappa shape index (κ3) is 5.35. The summed E-state index contributed by atoms with van der Waals surface area (Å²) >= 11 is 0. The molecule has 1 saturated heterocycles. The average molecular weight is 623 g/mol. The van der Waals surface area contributed by atoms with Crippen LogP contribution >= 0.6 is 0 Å². The first-order valence-electron chi connectivity index (χ1n) is 12.9. The maximum atomic E-state index is 14.5. The van der Waals surface area contributed by atoms with Crippen LogP contribution in [-0.2, 0) is 12.7 Å². The van der Waals surface area contributed by atoms with Crippen molar-refractivity contribution in [2.45, 2.75) is 19.6 Å². The number of hydrogen-bond acceptors (Lipinski definition) is 6. The minimum atomic E-state index is -4.84. The van der Waals surface area contributed by atoms with Crippen molar-refractivity contribution >= 4 is 17.2 Å². The second-order valence-electron chi connectivity index (χ2n) is 9.79. The van der Waals surface area contributed by atoms with Gasteiger partial charge in [-0.05, 0) is 36.7 Å². The molecule has 1 aliphatic heterocycles. The second kappa shape index (κ2) is 11.7. The highest BCUT2D eigenvalue weighted by molar-refractivity contribution is 6.00. The molecule has 2 aromatic carbocycles. The summed E-state index contributed by atoms with van der Waals surface area (Å²) in [6, 6.07) is 6.20. The van der Waals surface area contributed by atoms with Crippen LogP contribution in [0.5, 0.6) is 5.75 Å². The SMILES string of the molecule is COc1ccc(-c2nc3c(C(=O)N4CCN(Cc5c(F)c(F)c(N=[N+]=[N-])c(F)c5F)CC4)cnn3c(C(F)(F)F)c2C)cc1. The van der Waals surface area contributed by atoms with E-state index in [9.17, 15) is 35.5 Å². The molecule has 0 unspecified atom stereocenters. The highest BCUT2D eigenvalue weighted by atomic mass is 19.4. The maximum absolute atomic E-state index is 14.5. The third-order valence-corrected chi connectivity index (χ3v) is 7.26. The van der Waals surface area contributed by atoms with E-state index in [1.807, 2.05) is 0 Å². The fourth-order valence-electron chi connectivity index (χ4n) is 5.03. The van der Waals surface area contributed by atoms with Crippen molar-refractivity contribution < 1.29 is 40.3 Å². The van der Waals surface area contributed by atoms with E-state index in [1.54, 1.807) is 12.1 Å². The molecule has 0 N–H and O–H groups in total. The Morgan fingerprint density at radius 1 is 1.02 bits per heavy atom. The number of benzene rings is 2. The number of rotatable bonds is 6. The highest BCUT2D eigenvalue weighted by Gasteiger charge is 2.39. The Hall–Kier alpha value is -4.89. The number of amides is 1. The first kappa shape index (κ1) is 30.6. The van der Waals surface area contributed by atoms with Crippen molar-refractivity contribution in [1.82, 2.24) is 24.4 Å². The van der Waals surface area contributed by atoms with E-state index in [-0.39, 0.29) is 48.6 Å². The molecular weight excluding hydrogens is 601 g/mol. The zero-order valence-electron chi connectivity index (χ0n) is 23.0. The normalized spacial score (nSPS) is 14.2. The Bertz CT molecular complexity index is 1780. The topological polar surface area (TPSA) is 112 Å². The molecule has 0 radical (unpaired) electrons. The van der Waals surface area contributed by atoms with Crippen molar-refractivity contribution in [2.75, 3.05) is 33.3 Å². The second-order valence-corrected chi connectivity index (χ2v) is 9.79. The fraction of sp³-hybridized carbons (Fsp3) is 0.296. The van der Waals surface area contributed by atoms with Gasteiger partial charge in [-0.15, -0.1) is 0 Å². The predicted molar refractivity (Wildman–Crippen MR) is 141 cm³/mol. The summed E-state index contributed by atoms with van der Waals surface area (Å²) < 4.78 is 106. The fourth-order valence-corrected chi connectivity index (χ4v) is 5.03. The maximum Gasteiger partial charge on any atom is 0.433 e. The number of aromatic nitrogens is 3. The van der Waals surface area contributed by atoms with Gasteiger partial charge in [0.2, 0.25) is 0 Å². The van der Waals surface area contributed by atoms with Gasteiger partial charge in [0.25, 0.3) is 5.91 Å². The van der Waals surface area contributed by atoms with E-state index in [2.05, 4.69) is 20.1 Å². The van der Waals surface area contributed by atoms with Crippen LogP contribution in [0.25, 0.3) is 27.3 Å². The van der Waals surface area contributed by atoms with Gasteiger partial charge in [-0.1, -0.05) is 5.11 Å². The minimum absolute atomic E-state index is 0.00259. The van der Waals surface area contributed by atoms with Crippen molar-refractivity contribution in [3.05, 3.63) is 86.6 Å². The van der Waals surface area contributed by atoms with Crippen LogP contribution in [-0.4, -0.2) is 63.6 Å². The molecular formula is C27H21F7N8O2. The largest absolute Gasteiger partial charge is 0.497 e. The van der Waals surface area contributed by atoms with Crippen molar-refractivity contribution in [1.29, 1.82) is 0 Å². The summed E-state index contributed by atoms with van der Waals surface area (Å²) in [5.41, 5.74) is 4.55. The van der Waals surface area contributed by atoms with Gasteiger partial charge in [-0.25, -0.2) is 27.1 Å². The lowest BCUT2D eigenvalue weighted by Crippen LogP contribution is -2.48. The Balaban J connectivity index is 1.42. The number of carbonyl (C=O) groups is 1. The molecule has 3 heterocycles. The molecule has 1 aliphatic rings. The Morgan fingerprint density at radius 3 is 2.18 bits per heavy atom. The Labute approximate surface area is 243 Å². The van der Waals surface area contributed by atoms with Gasteiger partial charge in [0, 0.05) is 54.3 Å². The molecule has 17 heteroatoms. The average Bonchev–Trinajstić information content (AvgIpc) is 3.42. The molecule has 0 spiro atoms. The summed E-state index contributed by atoms with van der Waals surface area (Å²) in [6.45, 7) is 0.618. The predicted octanol–water partition coefficient (Wildman–Crippen LogP) is 6.19. The molecule has 2 aromatic heterocycles. The molecule has 5 rings (SSSR count). The lowest BCUT2D eigenvalue weighted by molar-refractivity contribution is -0.143. The van der Waals surface area contributed by atoms with Crippen LogP contribution in [0.3, 0.4) is 0 Å². The smallest absolute Gasteiger partial charge is 0.433 e. The summed E-state index contributed by atoms with van der Waals surface area (Å²) in [5.74, 6) is -7.31. The number of methoxy groups -OCH3 is 1. The number of piperazine rings is 1. The van der Waals surface area contributed by atoms with E-state index >= 15 is 0 Å². The van der Waals surface area contributed by atoms with E-state index in [4.69, 9.17) is 10.3 Å². The molecule has 10 nitrogen and oxygen atoms in total. The van der Waals surface area contributed by atoms with Crippen LogP contribution in [0.2, 0.25) is 0 Å². The molecule has 0 aliphatic carbocycles.